The van der Waals surface area contributed by atoms with Crippen molar-refractivity contribution >= 4 is 0 Å². The van der Waals surface area contributed by atoms with Crippen LogP contribution >= 0.6 is 0 Å². The lowest BCUT2D eigenvalue weighted by Crippen LogP contribution is -1.77. The highest BCUT2D eigenvalue weighted by atomic mass is 13.9. The van der Waals surface area contributed by atoms with Crippen molar-refractivity contribution in [2.45, 2.75) is 41.0 Å². The molecule has 0 aromatic rings. The lowest BCUT2D eigenvalue weighted by atomic mass is 10.2. The first kappa shape index (κ1) is 10.1. The van der Waals surface area contributed by atoms with Gasteiger partial charge in [0.05, 0.1) is 0 Å². The second-order valence-corrected chi connectivity index (χ2v) is 1.80. The van der Waals surface area contributed by atoms with Gasteiger partial charge in [-0.25, -0.2) is 0 Å². The minimum absolute atomic E-state index is 0. The molecule has 0 spiro atoms. The standard InChI is InChI=1S/C5H12.C2H6.H2/c1-4-5(2)3;1-2;/h5H,4H2,1-3H3;1-2H3;1H/i;;1+1. The fourth-order valence-electron chi connectivity index (χ4n) is 0. The van der Waals surface area contributed by atoms with E-state index >= 15 is 0 Å². The Labute approximate surface area is 49.4 Å². The van der Waals surface area contributed by atoms with Gasteiger partial charge in [0.2, 0.25) is 0 Å². The maximum Gasteiger partial charge on any atom is 0 e. The Kier molecular flexibility index (Phi) is 13.5. The Morgan fingerprint density at radius 1 is 1.29 bits per heavy atom. The fourth-order valence-corrected chi connectivity index (χ4v) is 0. The van der Waals surface area contributed by atoms with E-state index in [0.29, 0.717) is 0 Å². The highest BCUT2D eigenvalue weighted by molar-refractivity contribution is 4.32. The van der Waals surface area contributed by atoms with E-state index in [2.05, 4.69) is 20.8 Å². The molecular formula is C7H20. The number of hydrogen-bond donors (Lipinski definition) is 0. The summed E-state index contributed by atoms with van der Waals surface area (Å²) in [5.74, 6) is 0.884. The molecule has 0 heterocycles. The van der Waals surface area contributed by atoms with Crippen LogP contribution in [-0.2, 0) is 0 Å². The van der Waals surface area contributed by atoms with Gasteiger partial charge < -0.3 is 0 Å². The summed E-state index contributed by atoms with van der Waals surface area (Å²) in [4.78, 5) is 0. The molecule has 0 nitrogen and oxygen atoms in total. The summed E-state index contributed by atoms with van der Waals surface area (Å²) in [6.45, 7) is 10.6. The van der Waals surface area contributed by atoms with Crippen molar-refractivity contribution in [3.63, 3.8) is 0 Å². The van der Waals surface area contributed by atoms with Crippen LogP contribution in [0.1, 0.15) is 42.5 Å². The zero-order chi connectivity index (χ0) is 6.28. The van der Waals surface area contributed by atoms with Crippen LogP contribution in [0, 0.1) is 5.92 Å². The topological polar surface area (TPSA) is 0 Å². The van der Waals surface area contributed by atoms with Gasteiger partial charge in [0.15, 0.2) is 0 Å². The third-order valence-electron chi connectivity index (χ3n) is 0.816. The Balaban J connectivity index is -0.0000000750. The van der Waals surface area contributed by atoms with Gasteiger partial charge in [-0.15, -0.1) is 0 Å². The zero-order valence-electron chi connectivity index (χ0n) is 6.28. The van der Waals surface area contributed by atoms with Crippen LogP contribution in [0.2, 0.25) is 0 Å². The first-order valence-electron chi connectivity index (χ1n) is 3.27. The Hall–Kier alpha value is 0. The van der Waals surface area contributed by atoms with E-state index < -0.39 is 0 Å². The molecule has 0 saturated carbocycles. The molecule has 0 aromatic carbocycles. The molecule has 0 atom stereocenters. The first-order chi connectivity index (χ1) is 3.27. The van der Waals surface area contributed by atoms with Crippen molar-refractivity contribution in [1.82, 2.24) is 0 Å². The van der Waals surface area contributed by atoms with Gasteiger partial charge in [-0.1, -0.05) is 41.0 Å². The van der Waals surface area contributed by atoms with Crippen LogP contribution in [-0.4, -0.2) is 0 Å². The summed E-state index contributed by atoms with van der Waals surface area (Å²) in [7, 11) is 0. The molecule has 0 bridgehead atoms. The molecule has 0 aliphatic heterocycles. The molecule has 0 aliphatic carbocycles. The number of hydrogen-bond acceptors (Lipinski definition) is 0. The van der Waals surface area contributed by atoms with Crippen molar-refractivity contribution in [2.24, 2.45) is 5.92 Å². The van der Waals surface area contributed by atoms with Crippen LogP contribution in [0.15, 0.2) is 0 Å². The normalized spacial score (nSPS) is 7.71. The van der Waals surface area contributed by atoms with E-state index in [4.69, 9.17) is 0 Å². The van der Waals surface area contributed by atoms with Crippen LogP contribution in [0.4, 0.5) is 0 Å². The van der Waals surface area contributed by atoms with Crippen molar-refractivity contribution < 1.29 is 1.43 Å². The first-order valence-corrected chi connectivity index (χ1v) is 3.27. The van der Waals surface area contributed by atoms with Gasteiger partial charge in [-0.3, -0.25) is 0 Å². The second kappa shape index (κ2) is 9.38. The molecular weight excluding hydrogens is 84.1 g/mol. The van der Waals surface area contributed by atoms with Gasteiger partial charge in [0.1, 0.15) is 0 Å². The molecule has 0 unspecified atom stereocenters. The molecule has 0 radical (unpaired) electrons. The number of rotatable bonds is 1. The third kappa shape index (κ3) is 24.0. The smallest absolute Gasteiger partial charge is 0 e. The molecule has 7 heavy (non-hydrogen) atoms. The average Bonchev–Trinajstić information content (AvgIpc) is 1.73. The van der Waals surface area contributed by atoms with E-state index in [1.807, 2.05) is 13.8 Å². The summed E-state index contributed by atoms with van der Waals surface area (Å²) in [5, 5.41) is 0. The van der Waals surface area contributed by atoms with Gasteiger partial charge in [-0.2, -0.15) is 0 Å². The van der Waals surface area contributed by atoms with Crippen LogP contribution in [0.25, 0.3) is 0 Å². The van der Waals surface area contributed by atoms with Crippen LogP contribution < -0.4 is 0 Å². The van der Waals surface area contributed by atoms with E-state index in [-0.39, 0.29) is 1.43 Å². The maximum atomic E-state index is 2.22. The molecule has 48 valence electrons. The van der Waals surface area contributed by atoms with Crippen molar-refractivity contribution in [2.75, 3.05) is 0 Å². The van der Waals surface area contributed by atoms with Crippen molar-refractivity contribution in [3.8, 4) is 0 Å². The quantitative estimate of drug-likeness (QED) is 0.480. The Morgan fingerprint density at radius 2 is 1.43 bits per heavy atom. The summed E-state index contributed by atoms with van der Waals surface area (Å²) in [5.41, 5.74) is 0. The monoisotopic (exact) mass is 105 g/mol. The van der Waals surface area contributed by atoms with Gasteiger partial charge in [0, 0.05) is 1.43 Å². The third-order valence-corrected chi connectivity index (χ3v) is 0.816. The fraction of sp³-hybridized carbons (Fsp3) is 1.00. The van der Waals surface area contributed by atoms with E-state index in [1.165, 1.54) is 6.42 Å². The average molecular weight is 105 g/mol. The minimum Gasteiger partial charge on any atom is -0.0683 e. The Morgan fingerprint density at radius 3 is 1.43 bits per heavy atom. The van der Waals surface area contributed by atoms with E-state index in [9.17, 15) is 0 Å². The van der Waals surface area contributed by atoms with Gasteiger partial charge in [0.25, 0.3) is 0 Å². The van der Waals surface area contributed by atoms with E-state index in [0.717, 1.165) is 5.92 Å². The van der Waals surface area contributed by atoms with Gasteiger partial charge in [-0.05, 0) is 5.92 Å². The molecule has 0 N–H and O–H groups in total. The zero-order valence-corrected chi connectivity index (χ0v) is 6.28. The summed E-state index contributed by atoms with van der Waals surface area (Å²) < 4.78 is 0. The molecule has 0 heteroatoms. The van der Waals surface area contributed by atoms with Gasteiger partial charge >= 0.3 is 0 Å². The lowest BCUT2D eigenvalue weighted by Gasteiger charge is -1.90. The predicted molar refractivity (Wildman–Crippen MR) is 38.6 cm³/mol. The lowest BCUT2D eigenvalue weighted by molar-refractivity contribution is 0.626. The molecule has 0 saturated heterocycles. The minimum atomic E-state index is 0. The Bertz CT molecular complexity index is 18.3. The predicted octanol–water partition coefficient (Wildman–Crippen LogP) is 3.32. The largest absolute Gasteiger partial charge is 0.0683 e. The molecule has 0 amide bonds. The molecule has 0 rings (SSSR count). The summed E-state index contributed by atoms with van der Waals surface area (Å²) in [6.07, 6.45) is 1.31. The maximum absolute atomic E-state index is 2.22. The SMILES string of the molecule is CC.CCC(C)C.[2HH]. The molecule has 0 aliphatic rings. The highest BCUT2D eigenvalue weighted by Crippen LogP contribution is 1.93. The molecule has 0 fully saturated rings. The van der Waals surface area contributed by atoms with Crippen molar-refractivity contribution in [3.05, 3.63) is 0 Å². The second-order valence-electron chi connectivity index (χ2n) is 1.80. The van der Waals surface area contributed by atoms with Crippen molar-refractivity contribution in [1.29, 1.82) is 0 Å². The van der Waals surface area contributed by atoms with E-state index in [1.54, 1.807) is 0 Å². The highest BCUT2D eigenvalue weighted by Gasteiger charge is 1.80. The molecule has 0 aromatic heterocycles. The summed E-state index contributed by atoms with van der Waals surface area (Å²) in [6, 6.07) is 0. The van der Waals surface area contributed by atoms with Crippen LogP contribution in [0.3, 0.4) is 0 Å². The van der Waals surface area contributed by atoms with Crippen LogP contribution in [0.5, 0.6) is 0 Å². The summed E-state index contributed by atoms with van der Waals surface area (Å²) >= 11 is 0.